The van der Waals surface area contributed by atoms with E-state index in [-0.39, 0.29) is 11.7 Å². The van der Waals surface area contributed by atoms with E-state index < -0.39 is 0 Å². The minimum atomic E-state index is 0.000465. The standard InChI is InChI=1S/C14H10BrNO2S/c1-16-10-3-2-8(6-9(10)7-13(16)17)14(18)11-4-5-12(15)19-11/h2-6H,7H2,1H3. The van der Waals surface area contributed by atoms with Crippen LogP contribution in [0.15, 0.2) is 34.1 Å². The molecule has 1 aliphatic rings. The number of anilines is 1. The molecule has 0 atom stereocenters. The first-order valence-electron chi connectivity index (χ1n) is 5.76. The maximum Gasteiger partial charge on any atom is 0.231 e. The average molecular weight is 336 g/mol. The molecular formula is C14H10BrNO2S. The molecule has 0 radical (unpaired) electrons. The lowest BCUT2D eigenvalue weighted by atomic mass is 10.0. The lowest BCUT2D eigenvalue weighted by Gasteiger charge is -2.09. The fourth-order valence-corrected chi connectivity index (χ4v) is 3.54. The predicted octanol–water partition coefficient (Wildman–Crippen LogP) is 3.26. The molecular weight excluding hydrogens is 326 g/mol. The summed E-state index contributed by atoms with van der Waals surface area (Å²) >= 11 is 4.77. The van der Waals surface area contributed by atoms with Crippen LogP contribution in [0.25, 0.3) is 0 Å². The molecule has 0 spiro atoms. The normalized spacial score (nSPS) is 13.8. The highest BCUT2D eigenvalue weighted by molar-refractivity contribution is 9.11. The third kappa shape index (κ3) is 2.13. The largest absolute Gasteiger partial charge is 0.315 e. The molecule has 19 heavy (non-hydrogen) atoms. The van der Waals surface area contributed by atoms with Gasteiger partial charge in [-0.1, -0.05) is 0 Å². The molecule has 5 heteroatoms. The summed E-state index contributed by atoms with van der Waals surface area (Å²) in [6.07, 6.45) is 0.376. The van der Waals surface area contributed by atoms with Crippen LogP contribution in [0, 0.1) is 0 Å². The van der Waals surface area contributed by atoms with Crippen LogP contribution in [-0.2, 0) is 11.2 Å². The summed E-state index contributed by atoms with van der Waals surface area (Å²) in [6, 6.07) is 9.12. The third-order valence-electron chi connectivity index (χ3n) is 3.22. The fraction of sp³-hybridized carbons (Fsp3) is 0.143. The maximum absolute atomic E-state index is 12.3. The van der Waals surface area contributed by atoms with Gasteiger partial charge in [-0.25, -0.2) is 0 Å². The number of amides is 1. The summed E-state index contributed by atoms with van der Waals surface area (Å²) in [4.78, 5) is 26.3. The van der Waals surface area contributed by atoms with Crippen molar-refractivity contribution < 1.29 is 9.59 Å². The Labute approximate surface area is 123 Å². The highest BCUT2D eigenvalue weighted by Crippen LogP contribution is 2.30. The summed E-state index contributed by atoms with van der Waals surface area (Å²) in [7, 11) is 1.76. The van der Waals surface area contributed by atoms with Crippen molar-refractivity contribution in [2.24, 2.45) is 0 Å². The van der Waals surface area contributed by atoms with E-state index in [1.165, 1.54) is 11.3 Å². The number of rotatable bonds is 2. The van der Waals surface area contributed by atoms with Crippen molar-refractivity contribution in [1.29, 1.82) is 0 Å². The maximum atomic E-state index is 12.3. The van der Waals surface area contributed by atoms with E-state index in [0.29, 0.717) is 16.9 Å². The second-order valence-corrected chi connectivity index (χ2v) is 6.87. The number of nitrogens with zero attached hydrogens (tertiary/aromatic N) is 1. The summed E-state index contributed by atoms with van der Waals surface area (Å²) in [6.45, 7) is 0. The first kappa shape index (κ1) is 12.6. The van der Waals surface area contributed by atoms with Gasteiger partial charge in [0.1, 0.15) is 0 Å². The Balaban J connectivity index is 1.98. The van der Waals surface area contributed by atoms with Crippen molar-refractivity contribution in [3.05, 3.63) is 50.1 Å². The number of halogens is 1. The molecule has 0 aliphatic carbocycles. The van der Waals surface area contributed by atoms with Crippen molar-refractivity contribution in [2.75, 3.05) is 11.9 Å². The van der Waals surface area contributed by atoms with Crippen molar-refractivity contribution in [3.63, 3.8) is 0 Å². The van der Waals surface area contributed by atoms with Crippen molar-refractivity contribution >= 4 is 44.6 Å². The number of hydrogen-bond donors (Lipinski definition) is 0. The van der Waals surface area contributed by atoms with Crippen molar-refractivity contribution in [2.45, 2.75) is 6.42 Å². The smallest absolute Gasteiger partial charge is 0.231 e. The van der Waals surface area contributed by atoms with E-state index >= 15 is 0 Å². The summed E-state index contributed by atoms with van der Waals surface area (Å²) in [5.41, 5.74) is 2.46. The molecule has 0 unspecified atom stereocenters. The molecule has 1 aromatic carbocycles. The number of thiophene rings is 1. The van der Waals surface area contributed by atoms with Gasteiger partial charge in [0.2, 0.25) is 11.7 Å². The Morgan fingerprint density at radius 3 is 2.79 bits per heavy atom. The van der Waals surface area contributed by atoms with Crippen LogP contribution < -0.4 is 4.90 Å². The van der Waals surface area contributed by atoms with E-state index in [1.807, 2.05) is 24.3 Å². The number of benzene rings is 1. The topological polar surface area (TPSA) is 37.4 Å². The molecule has 3 nitrogen and oxygen atoms in total. The Hall–Kier alpha value is -1.46. The molecule has 0 N–H and O–H groups in total. The van der Waals surface area contributed by atoms with E-state index in [2.05, 4.69) is 15.9 Å². The second-order valence-electron chi connectivity index (χ2n) is 4.41. The van der Waals surface area contributed by atoms with Gasteiger partial charge in [0, 0.05) is 18.3 Å². The van der Waals surface area contributed by atoms with Crippen LogP contribution in [0.2, 0.25) is 0 Å². The lowest BCUT2D eigenvalue weighted by molar-refractivity contribution is -0.117. The van der Waals surface area contributed by atoms with Gasteiger partial charge in [-0.2, -0.15) is 0 Å². The van der Waals surface area contributed by atoms with Crippen LogP contribution >= 0.6 is 27.3 Å². The average Bonchev–Trinajstić information content (AvgIpc) is 2.94. The summed E-state index contributed by atoms with van der Waals surface area (Å²) < 4.78 is 0.937. The zero-order valence-corrected chi connectivity index (χ0v) is 12.5. The van der Waals surface area contributed by atoms with Crippen LogP contribution in [0.5, 0.6) is 0 Å². The van der Waals surface area contributed by atoms with Gasteiger partial charge in [0.25, 0.3) is 0 Å². The van der Waals surface area contributed by atoms with Gasteiger partial charge in [0.15, 0.2) is 0 Å². The Morgan fingerprint density at radius 2 is 2.11 bits per heavy atom. The first-order chi connectivity index (χ1) is 9.06. The van der Waals surface area contributed by atoms with Crippen LogP contribution in [0.3, 0.4) is 0 Å². The molecule has 0 saturated heterocycles. The van der Waals surface area contributed by atoms with Crippen LogP contribution in [-0.4, -0.2) is 18.7 Å². The van der Waals surface area contributed by atoms with Crippen molar-refractivity contribution in [3.8, 4) is 0 Å². The first-order valence-corrected chi connectivity index (χ1v) is 7.37. The van der Waals surface area contributed by atoms with E-state index in [1.54, 1.807) is 18.0 Å². The molecule has 3 rings (SSSR count). The molecule has 2 heterocycles. The quantitative estimate of drug-likeness (QED) is 0.790. The molecule has 1 aliphatic heterocycles. The van der Waals surface area contributed by atoms with Gasteiger partial charge in [-0.05, 0) is 51.8 Å². The number of carbonyl (C=O) groups is 2. The van der Waals surface area contributed by atoms with Gasteiger partial charge >= 0.3 is 0 Å². The number of fused-ring (bicyclic) bond motifs is 1. The highest BCUT2D eigenvalue weighted by atomic mass is 79.9. The third-order valence-corrected chi connectivity index (χ3v) is 4.84. The van der Waals surface area contributed by atoms with Gasteiger partial charge < -0.3 is 4.90 Å². The lowest BCUT2D eigenvalue weighted by Crippen LogP contribution is -2.20. The van der Waals surface area contributed by atoms with E-state index in [4.69, 9.17) is 0 Å². The summed E-state index contributed by atoms with van der Waals surface area (Å²) in [5.74, 6) is 0.0685. The zero-order valence-electron chi connectivity index (χ0n) is 10.1. The molecule has 1 aromatic heterocycles. The van der Waals surface area contributed by atoms with Gasteiger partial charge in [0.05, 0.1) is 15.1 Å². The van der Waals surface area contributed by atoms with Gasteiger partial charge in [-0.3, -0.25) is 9.59 Å². The molecule has 1 amide bonds. The number of carbonyl (C=O) groups excluding carboxylic acids is 2. The SMILES string of the molecule is CN1C(=O)Cc2cc(C(=O)c3ccc(Br)s3)ccc21. The molecule has 0 bridgehead atoms. The van der Waals surface area contributed by atoms with Crippen LogP contribution in [0.1, 0.15) is 20.8 Å². The minimum Gasteiger partial charge on any atom is -0.315 e. The Bertz CT molecular complexity index is 693. The second kappa shape index (κ2) is 4.58. The number of likely N-dealkylation sites (N-methyl/N-ethyl adjacent to an activating group) is 1. The molecule has 0 fully saturated rings. The van der Waals surface area contributed by atoms with Gasteiger partial charge in [-0.15, -0.1) is 11.3 Å². The fourth-order valence-electron chi connectivity index (χ4n) is 2.19. The Kier molecular flexibility index (Phi) is 3.03. The Morgan fingerprint density at radius 1 is 1.32 bits per heavy atom. The minimum absolute atomic E-state index is 0.000465. The van der Waals surface area contributed by atoms with E-state index in [9.17, 15) is 9.59 Å². The van der Waals surface area contributed by atoms with Crippen LogP contribution in [0.4, 0.5) is 5.69 Å². The molecule has 0 saturated carbocycles. The summed E-state index contributed by atoms with van der Waals surface area (Å²) in [5, 5.41) is 0. The van der Waals surface area contributed by atoms with Crippen molar-refractivity contribution in [1.82, 2.24) is 0 Å². The molecule has 96 valence electrons. The van der Waals surface area contributed by atoms with E-state index in [0.717, 1.165) is 15.0 Å². The number of hydrogen-bond acceptors (Lipinski definition) is 3. The number of ketones is 1. The highest BCUT2D eigenvalue weighted by Gasteiger charge is 2.25. The molecule has 2 aromatic rings. The zero-order chi connectivity index (χ0) is 13.6. The monoisotopic (exact) mass is 335 g/mol. The predicted molar refractivity (Wildman–Crippen MR) is 79.0 cm³/mol.